The van der Waals surface area contributed by atoms with E-state index in [0.29, 0.717) is 21.8 Å². The molecule has 0 aliphatic heterocycles. The maximum Gasteiger partial charge on any atom is 0.166 e. The average Bonchev–Trinajstić information content (AvgIpc) is 2.39. The molecule has 3 nitrogen and oxygen atoms in total. The van der Waals surface area contributed by atoms with E-state index in [1.807, 2.05) is 0 Å². The Morgan fingerprint density at radius 2 is 2.26 bits per heavy atom. The molecule has 1 aromatic heterocycles. The molecule has 0 saturated carbocycles. The number of aromatic nitrogens is 1. The maximum absolute atomic E-state index is 13.6. The van der Waals surface area contributed by atoms with Crippen molar-refractivity contribution in [3.63, 3.8) is 0 Å². The Labute approximate surface area is 123 Å². The van der Waals surface area contributed by atoms with Crippen molar-refractivity contribution in [2.45, 2.75) is 6.54 Å². The third kappa shape index (κ3) is 3.36. The molecule has 0 radical (unpaired) electrons. The van der Waals surface area contributed by atoms with Gasteiger partial charge in [-0.05, 0) is 34.1 Å². The molecule has 2 aromatic rings. The highest BCUT2D eigenvalue weighted by molar-refractivity contribution is 9.10. The number of hydrogen-bond donors (Lipinski definition) is 1. The van der Waals surface area contributed by atoms with Crippen molar-refractivity contribution in [1.29, 1.82) is 0 Å². The van der Waals surface area contributed by atoms with Crippen LogP contribution in [0.25, 0.3) is 0 Å². The summed E-state index contributed by atoms with van der Waals surface area (Å²) in [5, 5.41) is 3.46. The monoisotopic (exact) mass is 344 g/mol. The first-order valence-corrected chi connectivity index (χ1v) is 6.65. The van der Waals surface area contributed by atoms with Crippen molar-refractivity contribution in [3.05, 3.63) is 51.3 Å². The van der Waals surface area contributed by atoms with Crippen LogP contribution in [0.2, 0.25) is 5.02 Å². The highest BCUT2D eigenvalue weighted by Gasteiger charge is 2.09. The number of hydrogen-bond acceptors (Lipinski definition) is 3. The number of halogens is 3. The number of nitrogens with zero attached hydrogens (tertiary/aromatic N) is 1. The highest BCUT2D eigenvalue weighted by atomic mass is 79.9. The summed E-state index contributed by atoms with van der Waals surface area (Å²) in [6, 6.07) is 6.70. The zero-order valence-corrected chi connectivity index (χ0v) is 12.4. The molecule has 19 heavy (non-hydrogen) atoms. The summed E-state index contributed by atoms with van der Waals surface area (Å²) in [6.45, 7) is 0.328. The molecule has 0 aliphatic rings. The third-order valence-corrected chi connectivity index (χ3v) is 3.32. The summed E-state index contributed by atoms with van der Waals surface area (Å²) in [7, 11) is 1.56. The molecule has 0 fully saturated rings. The van der Waals surface area contributed by atoms with Gasteiger partial charge in [0.1, 0.15) is 5.75 Å². The smallest absolute Gasteiger partial charge is 0.166 e. The third-order valence-electron chi connectivity index (χ3n) is 2.54. The number of methoxy groups -OCH3 is 1. The van der Waals surface area contributed by atoms with Crippen LogP contribution in [-0.4, -0.2) is 12.1 Å². The average molecular weight is 346 g/mol. The van der Waals surface area contributed by atoms with E-state index in [1.54, 1.807) is 25.3 Å². The summed E-state index contributed by atoms with van der Waals surface area (Å²) in [5.41, 5.74) is 0.760. The van der Waals surface area contributed by atoms with E-state index in [9.17, 15) is 4.39 Å². The highest BCUT2D eigenvalue weighted by Crippen LogP contribution is 2.27. The lowest BCUT2D eigenvalue weighted by Gasteiger charge is -2.12. The van der Waals surface area contributed by atoms with Gasteiger partial charge in [0.25, 0.3) is 0 Å². The molecular weight excluding hydrogens is 335 g/mol. The van der Waals surface area contributed by atoms with Crippen molar-refractivity contribution in [2.24, 2.45) is 0 Å². The fourth-order valence-electron chi connectivity index (χ4n) is 1.62. The molecule has 2 rings (SSSR count). The van der Waals surface area contributed by atoms with Gasteiger partial charge in [-0.1, -0.05) is 17.7 Å². The summed E-state index contributed by atoms with van der Waals surface area (Å²) in [6.07, 6.45) is 1.52. The van der Waals surface area contributed by atoms with Crippen molar-refractivity contribution in [3.8, 4) is 5.75 Å². The van der Waals surface area contributed by atoms with Gasteiger partial charge in [0.05, 0.1) is 7.11 Å². The van der Waals surface area contributed by atoms with E-state index in [-0.39, 0.29) is 5.82 Å². The van der Waals surface area contributed by atoms with Gasteiger partial charge in [-0.3, -0.25) is 0 Å². The lowest BCUT2D eigenvalue weighted by atomic mass is 10.2. The van der Waals surface area contributed by atoms with Crippen molar-refractivity contribution in [1.82, 2.24) is 4.98 Å². The Kier molecular flexibility index (Phi) is 4.61. The summed E-state index contributed by atoms with van der Waals surface area (Å²) in [5.74, 6) is 0.392. The standard InChI is InChI=1S/C13H11BrClFN2O/c1-19-12-4-2-3-10(15)9(12)7-18-13-11(16)5-8(14)6-17-13/h2-6H,7H2,1H3,(H,17,18). The van der Waals surface area contributed by atoms with Crippen molar-refractivity contribution in [2.75, 3.05) is 12.4 Å². The van der Waals surface area contributed by atoms with E-state index in [2.05, 4.69) is 26.2 Å². The number of nitrogens with one attached hydrogen (secondary N) is 1. The van der Waals surface area contributed by atoms with Gasteiger partial charge >= 0.3 is 0 Å². The lowest BCUT2D eigenvalue weighted by Crippen LogP contribution is -2.05. The SMILES string of the molecule is COc1cccc(Cl)c1CNc1ncc(Br)cc1F. The zero-order chi connectivity index (χ0) is 13.8. The topological polar surface area (TPSA) is 34.1 Å². The van der Waals surface area contributed by atoms with Gasteiger partial charge in [-0.15, -0.1) is 0 Å². The molecule has 0 bridgehead atoms. The second-order valence-electron chi connectivity index (χ2n) is 3.76. The molecule has 0 saturated heterocycles. The Morgan fingerprint density at radius 3 is 2.95 bits per heavy atom. The van der Waals surface area contributed by atoms with Crippen LogP contribution in [0.1, 0.15) is 5.56 Å². The molecule has 6 heteroatoms. The largest absolute Gasteiger partial charge is 0.496 e. The van der Waals surface area contributed by atoms with Crippen LogP contribution in [0, 0.1) is 5.82 Å². The van der Waals surface area contributed by atoms with E-state index in [0.717, 1.165) is 5.56 Å². The van der Waals surface area contributed by atoms with E-state index < -0.39 is 5.82 Å². The minimum atomic E-state index is -0.430. The molecule has 1 heterocycles. The van der Waals surface area contributed by atoms with Gasteiger partial charge in [0, 0.05) is 27.8 Å². The van der Waals surface area contributed by atoms with Crippen LogP contribution in [0.3, 0.4) is 0 Å². The minimum Gasteiger partial charge on any atom is -0.496 e. The van der Waals surface area contributed by atoms with Gasteiger partial charge in [0.15, 0.2) is 11.6 Å². The summed E-state index contributed by atoms with van der Waals surface area (Å²) in [4.78, 5) is 3.96. The number of ether oxygens (including phenoxy) is 1. The second kappa shape index (κ2) is 6.21. The normalized spacial score (nSPS) is 10.3. The fraction of sp³-hybridized carbons (Fsp3) is 0.154. The second-order valence-corrected chi connectivity index (χ2v) is 5.08. The Hall–Kier alpha value is -1.33. The Balaban J connectivity index is 2.19. The zero-order valence-electron chi connectivity index (χ0n) is 10.1. The Bertz CT molecular complexity index is 595. The van der Waals surface area contributed by atoms with Crippen LogP contribution in [0.4, 0.5) is 10.2 Å². The first-order valence-electron chi connectivity index (χ1n) is 5.48. The molecule has 0 aliphatic carbocycles. The molecule has 1 N–H and O–H groups in total. The van der Waals surface area contributed by atoms with Crippen LogP contribution in [-0.2, 0) is 6.54 Å². The van der Waals surface area contributed by atoms with Gasteiger partial charge in [-0.25, -0.2) is 9.37 Å². The number of pyridine rings is 1. The van der Waals surface area contributed by atoms with E-state index >= 15 is 0 Å². The minimum absolute atomic E-state index is 0.171. The maximum atomic E-state index is 13.6. The van der Waals surface area contributed by atoms with Crippen molar-refractivity contribution >= 4 is 33.3 Å². The fourth-order valence-corrected chi connectivity index (χ4v) is 2.15. The van der Waals surface area contributed by atoms with Gasteiger partial charge in [-0.2, -0.15) is 0 Å². The quantitative estimate of drug-likeness (QED) is 0.899. The van der Waals surface area contributed by atoms with Crippen LogP contribution >= 0.6 is 27.5 Å². The first kappa shape index (κ1) is 14.1. The van der Waals surface area contributed by atoms with Crippen LogP contribution in [0.15, 0.2) is 34.9 Å². The number of rotatable bonds is 4. The van der Waals surface area contributed by atoms with Crippen LogP contribution < -0.4 is 10.1 Å². The molecule has 0 amide bonds. The number of anilines is 1. The van der Waals surface area contributed by atoms with Crippen molar-refractivity contribution < 1.29 is 9.13 Å². The molecular formula is C13H11BrClFN2O. The predicted molar refractivity (Wildman–Crippen MR) is 77.2 cm³/mol. The first-order chi connectivity index (χ1) is 9.11. The molecule has 100 valence electrons. The van der Waals surface area contributed by atoms with Gasteiger partial charge < -0.3 is 10.1 Å². The lowest BCUT2D eigenvalue weighted by molar-refractivity contribution is 0.410. The van der Waals surface area contributed by atoms with Gasteiger partial charge in [0.2, 0.25) is 0 Å². The molecule has 0 unspecified atom stereocenters. The molecule has 0 atom stereocenters. The van der Waals surface area contributed by atoms with E-state index in [4.69, 9.17) is 16.3 Å². The van der Waals surface area contributed by atoms with E-state index in [1.165, 1.54) is 12.3 Å². The predicted octanol–water partition coefficient (Wildman–Crippen LogP) is 4.26. The number of benzene rings is 1. The molecule has 1 aromatic carbocycles. The molecule has 0 spiro atoms. The summed E-state index contributed by atoms with van der Waals surface area (Å²) >= 11 is 9.25. The summed E-state index contributed by atoms with van der Waals surface area (Å²) < 4.78 is 19.4. The van der Waals surface area contributed by atoms with Crippen LogP contribution in [0.5, 0.6) is 5.75 Å². The Morgan fingerprint density at radius 1 is 1.47 bits per heavy atom.